The zero-order valence-electron chi connectivity index (χ0n) is 37.9. The molecule has 0 aliphatic heterocycles. The molecular weight excluding hydrogens is 848 g/mol. The standard InChI is InChI=1S/C33H23N7O8.C16H36N.FH/c41-30(20-10-1-7-18-28(20)39(45)46)35-22-12-3-5-14-24(22)37-32(43)26-16-9-17-27(34-26)33(44)38-25-15-6-4-13-23(25)36-31(42)21-11-2-8-19-29(21)40(47)48;1-5-9-13-17(14-10-6-2,15-11-7-3)16-12-8-4;/h1-19H,(H,35,41)(H,36,42)(H,37,43)(H,38,44);5-16H2,1-4H3;1H/q;+1;/p-1. The van der Waals surface area contributed by atoms with Crippen molar-refractivity contribution in [3.63, 3.8) is 0 Å². The first-order chi connectivity index (χ1) is 31.4. The minimum Gasteiger partial charge on any atom is -1.00 e. The first kappa shape index (κ1) is 52.9. The molecular formula is C49H59FN8O8. The summed E-state index contributed by atoms with van der Waals surface area (Å²) in [5, 5.41) is 33.1. The fraction of sp³-hybridized carbons (Fsp3) is 0.327. The predicted molar refractivity (Wildman–Crippen MR) is 254 cm³/mol. The number of rotatable bonds is 22. The van der Waals surface area contributed by atoms with Crippen LogP contribution in [0.5, 0.6) is 0 Å². The third kappa shape index (κ3) is 15.4. The fourth-order valence-electron chi connectivity index (χ4n) is 7.14. The Balaban J connectivity index is 0.000000547. The van der Waals surface area contributed by atoms with Crippen LogP contribution in [0.25, 0.3) is 0 Å². The SMILES string of the molecule is CCCC[N+](CCCC)(CCCC)CCCC.O=C(Nc1ccccc1NC(=O)c1ccccc1[N+](=O)[O-])c1cccc(C(=O)Nc2ccccc2NC(=O)c2ccccc2[N+](=O)[O-])n1.[F-]. The highest BCUT2D eigenvalue weighted by Gasteiger charge is 2.26. The van der Waals surface area contributed by atoms with E-state index < -0.39 is 33.5 Å². The molecule has 5 aromatic rings. The molecule has 0 spiro atoms. The van der Waals surface area contributed by atoms with Crippen LogP contribution in [0.15, 0.2) is 115 Å². The van der Waals surface area contributed by atoms with Gasteiger partial charge in [-0.05, 0) is 74.2 Å². The number of quaternary nitrogens is 1. The van der Waals surface area contributed by atoms with Crippen LogP contribution in [0.3, 0.4) is 0 Å². The maximum Gasteiger partial charge on any atom is 0.282 e. The van der Waals surface area contributed by atoms with E-state index in [1.165, 1.54) is 173 Å². The van der Waals surface area contributed by atoms with Gasteiger partial charge in [-0.3, -0.25) is 39.4 Å². The van der Waals surface area contributed by atoms with E-state index in [1.54, 1.807) is 24.3 Å². The summed E-state index contributed by atoms with van der Waals surface area (Å²) in [7, 11) is 0. The molecule has 5 rings (SSSR count). The third-order valence-electron chi connectivity index (χ3n) is 10.7. The zero-order valence-corrected chi connectivity index (χ0v) is 37.9. The first-order valence-electron chi connectivity index (χ1n) is 22.1. The number of aromatic nitrogens is 1. The number of unbranched alkanes of at least 4 members (excludes halogenated alkanes) is 4. The van der Waals surface area contributed by atoms with Crippen molar-refractivity contribution in [2.24, 2.45) is 0 Å². The molecule has 350 valence electrons. The number of pyridine rings is 1. The molecule has 4 N–H and O–H groups in total. The van der Waals surface area contributed by atoms with E-state index in [1.807, 2.05) is 0 Å². The van der Waals surface area contributed by atoms with Gasteiger partial charge < -0.3 is 30.5 Å². The number of hydrogen-bond donors (Lipinski definition) is 4. The Bertz CT molecular complexity index is 2250. The number of hydrogen-bond acceptors (Lipinski definition) is 9. The number of anilines is 4. The van der Waals surface area contributed by atoms with E-state index in [2.05, 4.69) is 53.9 Å². The second kappa shape index (κ2) is 27.0. The van der Waals surface area contributed by atoms with Gasteiger partial charge in [-0.2, -0.15) is 0 Å². The highest BCUT2D eigenvalue weighted by Crippen LogP contribution is 2.27. The van der Waals surface area contributed by atoms with Gasteiger partial charge in [0.05, 0.1) is 58.8 Å². The van der Waals surface area contributed by atoms with Gasteiger partial charge in [-0.1, -0.05) is 108 Å². The number of carbonyl (C=O) groups is 4. The van der Waals surface area contributed by atoms with Crippen molar-refractivity contribution in [2.75, 3.05) is 47.4 Å². The van der Waals surface area contributed by atoms with Gasteiger partial charge in [-0.25, -0.2) is 4.98 Å². The number of amides is 4. The van der Waals surface area contributed by atoms with Crippen molar-refractivity contribution in [1.29, 1.82) is 0 Å². The summed E-state index contributed by atoms with van der Waals surface area (Å²) in [6.07, 6.45) is 11.1. The topological polar surface area (TPSA) is 216 Å². The first-order valence-corrected chi connectivity index (χ1v) is 22.1. The molecule has 0 atom stereocenters. The van der Waals surface area contributed by atoms with Crippen LogP contribution in [0.4, 0.5) is 34.1 Å². The number of carbonyl (C=O) groups excluding carboxylic acids is 4. The molecule has 0 saturated heterocycles. The maximum absolute atomic E-state index is 13.2. The molecule has 4 aromatic carbocycles. The van der Waals surface area contributed by atoms with E-state index in [-0.39, 0.29) is 61.3 Å². The molecule has 16 nitrogen and oxygen atoms in total. The van der Waals surface area contributed by atoms with Gasteiger partial charge in [-0.15, -0.1) is 0 Å². The van der Waals surface area contributed by atoms with E-state index in [0.29, 0.717) is 0 Å². The molecule has 17 heteroatoms. The van der Waals surface area contributed by atoms with Crippen molar-refractivity contribution in [3.8, 4) is 0 Å². The second-order valence-electron chi connectivity index (χ2n) is 15.5. The Labute approximate surface area is 384 Å². The van der Waals surface area contributed by atoms with E-state index in [0.717, 1.165) is 0 Å². The third-order valence-corrected chi connectivity index (χ3v) is 10.7. The highest BCUT2D eigenvalue weighted by atomic mass is 19.0. The largest absolute Gasteiger partial charge is 1.00 e. The van der Waals surface area contributed by atoms with Crippen LogP contribution in [0.1, 0.15) is 121 Å². The number of para-hydroxylation sites is 6. The molecule has 1 heterocycles. The molecule has 0 unspecified atom stereocenters. The van der Waals surface area contributed by atoms with E-state index in [9.17, 15) is 39.4 Å². The van der Waals surface area contributed by atoms with Gasteiger partial charge >= 0.3 is 0 Å². The van der Waals surface area contributed by atoms with Gasteiger partial charge in [0, 0.05) is 12.1 Å². The second-order valence-corrected chi connectivity index (χ2v) is 15.5. The highest BCUT2D eigenvalue weighted by molar-refractivity contribution is 6.12. The number of nitro benzene ring substituents is 2. The minimum absolute atomic E-state index is 0. The summed E-state index contributed by atoms with van der Waals surface area (Å²) >= 11 is 0. The molecule has 66 heavy (non-hydrogen) atoms. The molecule has 0 aliphatic carbocycles. The summed E-state index contributed by atoms with van der Waals surface area (Å²) in [6, 6.07) is 27.4. The Hall–Kier alpha value is -7.40. The van der Waals surface area contributed by atoms with Crippen molar-refractivity contribution in [1.82, 2.24) is 4.98 Å². The monoisotopic (exact) mass is 906 g/mol. The lowest BCUT2D eigenvalue weighted by molar-refractivity contribution is -0.929. The summed E-state index contributed by atoms with van der Waals surface area (Å²) in [5.74, 6) is -2.98. The quantitative estimate of drug-likeness (QED) is 0.0301. The van der Waals surface area contributed by atoms with Crippen LogP contribution < -0.4 is 26.0 Å². The number of benzene rings is 4. The lowest BCUT2D eigenvalue weighted by atomic mass is 10.1. The maximum atomic E-state index is 13.2. The van der Waals surface area contributed by atoms with Crippen LogP contribution in [-0.4, -0.2) is 69.1 Å². The van der Waals surface area contributed by atoms with Gasteiger partial charge in [0.2, 0.25) is 0 Å². The van der Waals surface area contributed by atoms with E-state index in [4.69, 9.17) is 0 Å². The normalized spacial score (nSPS) is 10.6. The van der Waals surface area contributed by atoms with Crippen LogP contribution in [-0.2, 0) is 0 Å². The van der Waals surface area contributed by atoms with Crippen LogP contribution in [0.2, 0.25) is 0 Å². The minimum atomic E-state index is -0.765. The molecule has 4 amide bonds. The zero-order chi connectivity index (χ0) is 47.2. The summed E-state index contributed by atoms with van der Waals surface area (Å²) in [6.45, 7) is 15.0. The molecule has 0 bridgehead atoms. The Morgan fingerprint density at radius 3 is 1.05 bits per heavy atom. The Morgan fingerprint density at radius 1 is 0.455 bits per heavy atom. The summed E-state index contributed by atoms with van der Waals surface area (Å²) in [4.78, 5) is 77.7. The average Bonchev–Trinajstić information content (AvgIpc) is 3.32. The van der Waals surface area contributed by atoms with Gasteiger partial charge in [0.1, 0.15) is 22.5 Å². The number of nitro groups is 2. The van der Waals surface area contributed by atoms with Gasteiger partial charge in [0.15, 0.2) is 0 Å². The number of nitrogens with zero attached hydrogens (tertiary/aromatic N) is 4. The smallest absolute Gasteiger partial charge is 0.282 e. The molecule has 0 fully saturated rings. The molecule has 0 saturated carbocycles. The molecule has 0 aliphatic rings. The predicted octanol–water partition coefficient (Wildman–Crippen LogP) is 7.91. The lowest BCUT2D eigenvalue weighted by Crippen LogP contribution is -3.00. The molecule has 1 aromatic heterocycles. The lowest BCUT2D eigenvalue weighted by Gasteiger charge is -2.39. The fourth-order valence-corrected chi connectivity index (χ4v) is 7.14. The number of halogens is 1. The van der Waals surface area contributed by atoms with Crippen molar-refractivity contribution in [2.45, 2.75) is 79.1 Å². The van der Waals surface area contributed by atoms with Crippen molar-refractivity contribution in [3.05, 3.63) is 158 Å². The Morgan fingerprint density at radius 2 is 0.742 bits per heavy atom. The van der Waals surface area contributed by atoms with Crippen LogP contribution in [0, 0.1) is 20.2 Å². The Kier molecular flexibility index (Phi) is 21.7. The number of nitrogens with one attached hydrogen (secondary N) is 4. The van der Waals surface area contributed by atoms with E-state index >= 15 is 0 Å². The summed E-state index contributed by atoms with van der Waals surface area (Å²) in [5.41, 5.74) is -0.797. The summed E-state index contributed by atoms with van der Waals surface area (Å²) < 4.78 is 1.42. The molecule has 0 radical (unpaired) electrons. The van der Waals surface area contributed by atoms with Crippen molar-refractivity contribution < 1.29 is 38.2 Å². The van der Waals surface area contributed by atoms with Crippen molar-refractivity contribution >= 4 is 57.8 Å². The van der Waals surface area contributed by atoms with Gasteiger partial charge in [0.25, 0.3) is 35.0 Å². The average molecular weight is 907 g/mol. The van der Waals surface area contributed by atoms with Crippen LogP contribution >= 0.6 is 0 Å².